The summed E-state index contributed by atoms with van der Waals surface area (Å²) in [5.74, 6) is -8.14. The van der Waals surface area contributed by atoms with Gasteiger partial charge in [0, 0.05) is 71.6 Å². The van der Waals surface area contributed by atoms with Crippen LogP contribution in [0.3, 0.4) is 0 Å². The molecule has 69 heavy (non-hydrogen) atoms. The summed E-state index contributed by atoms with van der Waals surface area (Å²) in [6, 6.07) is -1.18. The van der Waals surface area contributed by atoms with Crippen molar-refractivity contribution < 1.29 is 68.1 Å². The van der Waals surface area contributed by atoms with Gasteiger partial charge < -0.3 is 53.9 Å². The van der Waals surface area contributed by atoms with Gasteiger partial charge in [-0.15, -0.1) is 0 Å². The smallest absolute Gasteiger partial charge is 0.329 e. The van der Waals surface area contributed by atoms with Crippen LogP contribution in [0, 0.1) is 29.6 Å². The average molecular weight is 975 g/mol. The van der Waals surface area contributed by atoms with Gasteiger partial charge in [0.2, 0.25) is 11.7 Å². The van der Waals surface area contributed by atoms with E-state index in [2.05, 4.69) is 0 Å². The van der Waals surface area contributed by atoms with Gasteiger partial charge in [0.15, 0.2) is 0 Å². The minimum absolute atomic E-state index is 0. The predicted molar refractivity (Wildman–Crippen MR) is 259 cm³/mol. The largest absolute Gasteiger partial charge is 0.456 e. The molecule has 5 aliphatic rings. The topological polar surface area (TPSA) is 219 Å². The van der Waals surface area contributed by atoms with Crippen molar-refractivity contribution in [3.8, 4) is 0 Å². The highest BCUT2D eigenvalue weighted by Crippen LogP contribution is 2.39. The zero-order valence-corrected chi connectivity index (χ0v) is 41.9. The monoisotopic (exact) mass is 975 g/mol. The number of aliphatic hydroxyl groups excluding tert-OH is 3. The summed E-state index contributed by atoms with van der Waals surface area (Å²) in [5, 5.41) is 44.5. The van der Waals surface area contributed by atoms with E-state index in [0.29, 0.717) is 95.7 Å². The zero-order chi connectivity index (χ0) is 49.9. The quantitative estimate of drug-likeness (QED) is 0.122. The zero-order valence-electron chi connectivity index (χ0n) is 41.9. The van der Waals surface area contributed by atoms with Crippen LogP contribution < -0.4 is 0 Å². The van der Waals surface area contributed by atoms with E-state index in [4.69, 9.17) is 23.7 Å². The molecular weight excluding hydrogens is 889 g/mol. The Morgan fingerprint density at radius 2 is 1.51 bits per heavy atom. The Morgan fingerprint density at radius 3 is 2.17 bits per heavy atom. The first-order valence-electron chi connectivity index (χ1n) is 25.2. The second-order valence-electron chi connectivity index (χ2n) is 20.6. The van der Waals surface area contributed by atoms with Crippen molar-refractivity contribution in [1.82, 2.24) is 9.80 Å². The second kappa shape index (κ2) is 26.9. The van der Waals surface area contributed by atoms with E-state index in [0.717, 1.165) is 5.57 Å². The minimum atomic E-state index is -2.54. The minimum Gasteiger partial charge on any atom is -0.456 e. The van der Waals surface area contributed by atoms with Gasteiger partial charge in [-0.3, -0.25) is 19.2 Å². The maximum atomic E-state index is 14.5. The predicted octanol–water partition coefficient (Wildman–Crippen LogP) is 5.41. The number of allylic oxidation sites excluding steroid dienone is 5. The number of carbonyl (C=O) groups excluding carboxylic acids is 5. The number of hydrogen-bond donors (Lipinski definition) is 4. The van der Waals surface area contributed by atoms with Crippen LogP contribution in [0.25, 0.3) is 0 Å². The molecule has 0 spiro atoms. The van der Waals surface area contributed by atoms with Crippen molar-refractivity contribution in [3.63, 3.8) is 0 Å². The number of ketones is 2. The van der Waals surface area contributed by atoms with E-state index in [1.54, 1.807) is 32.8 Å². The Hall–Kier alpha value is -3.35. The van der Waals surface area contributed by atoms with Gasteiger partial charge in [-0.1, -0.05) is 58.1 Å². The number of likely N-dealkylation sites (tertiary alicyclic amines) is 1. The third-order valence-electron chi connectivity index (χ3n) is 15.4. The average Bonchev–Trinajstić information content (AvgIpc) is 3.32. The molecule has 4 aliphatic heterocycles. The maximum Gasteiger partial charge on any atom is 0.329 e. The molecule has 392 valence electrons. The van der Waals surface area contributed by atoms with Gasteiger partial charge in [0.1, 0.15) is 24.0 Å². The number of rotatable bonds is 10. The van der Waals surface area contributed by atoms with Crippen molar-refractivity contribution in [1.29, 1.82) is 0 Å². The van der Waals surface area contributed by atoms with Crippen molar-refractivity contribution in [2.75, 3.05) is 41.0 Å². The Balaban J connectivity index is 0.0000104. The number of carbonyl (C=O) groups is 5. The summed E-state index contributed by atoms with van der Waals surface area (Å²) >= 11 is 0. The van der Waals surface area contributed by atoms with Crippen LogP contribution in [0.2, 0.25) is 0 Å². The number of piperidine rings is 2. The fraction of sp³-hybridized carbons (Fsp3) is 0.792. The third-order valence-corrected chi connectivity index (χ3v) is 15.4. The Morgan fingerprint density at radius 1 is 0.841 bits per heavy atom. The highest BCUT2D eigenvalue weighted by molar-refractivity contribution is 6.39. The first-order valence-corrected chi connectivity index (χ1v) is 25.2. The van der Waals surface area contributed by atoms with Gasteiger partial charge in [-0.25, -0.2) is 4.79 Å². The van der Waals surface area contributed by atoms with Crippen LogP contribution in [0.1, 0.15) is 138 Å². The molecule has 3 saturated heterocycles. The van der Waals surface area contributed by atoms with Crippen LogP contribution in [0.15, 0.2) is 35.5 Å². The van der Waals surface area contributed by atoms with Gasteiger partial charge in [0.25, 0.3) is 11.7 Å². The van der Waals surface area contributed by atoms with Crippen molar-refractivity contribution in [3.05, 3.63) is 35.5 Å². The Labute approximate surface area is 411 Å². The molecule has 16 heteroatoms. The molecule has 4 fully saturated rings. The Kier molecular flexibility index (Phi) is 22.7. The highest BCUT2D eigenvalue weighted by atomic mass is 16.7. The number of nitrogens with zero attached hydrogens (tertiary/aromatic N) is 2. The van der Waals surface area contributed by atoms with Crippen LogP contribution in [-0.2, 0) is 47.7 Å². The lowest BCUT2D eigenvalue weighted by atomic mass is 9.81. The number of fused-ring (bicyclic) bond motifs is 3. The molecule has 4 N–H and O–H groups in total. The summed E-state index contributed by atoms with van der Waals surface area (Å²) in [6.45, 7) is 10.3. The van der Waals surface area contributed by atoms with Crippen LogP contribution in [0.5, 0.6) is 0 Å². The van der Waals surface area contributed by atoms with E-state index < -0.39 is 83.9 Å². The summed E-state index contributed by atoms with van der Waals surface area (Å²) in [7, 11) is 4.59. The molecule has 14 atom stereocenters. The van der Waals surface area contributed by atoms with Crippen molar-refractivity contribution >= 4 is 29.4 Å². The molecule has 4 heterocycles. The molecule has 0 aromatic carbocycles. The van der Waals surface area contributed by atoms with Crippen LogP contribution in [0.4, 0.5) is 0 Å². The molecule has 1 saturated carbocycles. The van der Waals surface area contributed by atoms with Crippen molar-refractivity contribution in [2.24, 2.45) is 29.6 Å². The second-order valence-corrected chi connectivity index (χ2v) is 20.6. The van der Waals surface area contributed by atoms with Gasteiger partial charge in [0.05, 0.1) is 36.6 Å². The van der Waals surface area contributed by atoms with Gasteiger partial charge >= 0.3 is 5.97 Å². The SMILES string of the molecule is C.CO[C@H]1C[C@@H](C)C/C(C)=C/[C@@H](C/C=C/CCC(=O)N2CCC(O)CC2)C(=O)C[C@H](O)[C@@H](C)[C@@H](/C(C)=C/[C@@H]2CC[C@@H](O)[C@H](OC)C2)OC(=O)[C@@H]2CCCCN2C(=O)C(=O)[C@]2(O)O[C@H]1[C@@H](OC)C[C@H]2C. The van der Waals surface area contributed by atoms with E-state index in [-0.39, 0.29) is 69.0 Å². The molecule has 0 aromatic heterocycles. The van der Waals surface area contributed by atoms with E-state index in [9.17, 15) is 44.4 Å². The number of ether oxygens (including phenoxy) is 5. The summed E-state index contributed by atoms with van der Waals surface area (Å²) in [4.78, 5) is 73.5. The summed E-state index contributed by atoms with van der Waals surface area (Å²) in [5.41, 5.74) is 1.55. The van der Waals surface area contributed by atoms with Crippen LogP contribution in [-0.4, -0.2) is 161 Å². The lowest BCUT2D eigenvalue weighted by Gasteiger charge is -2.47. The molecule has 0 unspecified atom stereocenters. The molecule has 5 rings (SSSR count). The molecule has 1 aliphatic carbocycles. The molecule has 2 bridgehead atoms. The van der Waals surface area contributed by atoms with Crippen LogP contribution >= 0.6 is 0 Å². The van der Waals surface area contributed by atoms with E-state index >= 15 is 0 Å². The Bertz CT molecular complexity index is 1810. The maximum absolute atomic E-state index is 14.5. The number of methoxy groups -OCH3 is 3. The number of aliphatic hydroxyl groups is 4. The normalized spacial score (nSPS) is 37.5. The first-order chi connectivity index (χ1) is 32.3. The molecule has 0 radical (unpaired) electrons. The lowest BCUT2D eigenvalue weighted by Crippen LogP contribution is -2.64. The number of cyclic esters (lactones) is 1. The summed E-state index contributed by atoms with van der Waals surface area (Å²) in [6.07, 6.45) is 7.94. The lowest BCUT2D eigenvalue weighted by molar-refractivity contribution is -0.302. The summed E-state index contributed by atoms with van der Waals surface area (Å²) < 4.78 is 30.0. The number of Topliss-reactive ketones (excluding diaryl/α,β-unsaturated/α-hetero) is 2. The first kappa shape index (κ1) is 58.2. The molecule has 16 nitrogen and oxygen atoms in total. The third kappa shape index (κ3) is 15.1. The number of amides is 2. The molecular formula is C53H86N2O14. The van der Waals surface area contributed by atoms with Crippen molar-refractivity contribution in [2.45, 2.75) is 199 Å². The van der Waals surface area contributed by atoms with E-state index in [1.807, 2.05) is 38.2 Å². The molecule has 2 amide bonds. The fourth-order valence-electron chi connectivity index (χ4n) is 11.1. The fourth-order valence-corrected chi connectivity index (χ4v) is 11.1. The molecule has 0 aromatic rings. The standard InChI is InChI=1S/C52H82N2O14.CH4/c1-31-24-32(2)26-44(65-7)48-45(66-8)28-34(4)52(63,68-48)49(60)50(61)54-21-13-12-15-39(54)51(62)67-47(33(3)27-36-17-18-40(56)43(29-36)64-6)35(5)41(57)30-42(58)37(25-31)14-10-9-11-16-46(59)53-22-19-38(55)20-23-53;/h9-10,25,27,32,34-41,43-45,47-48,55-57,63H,11-24,26,28-30H2,1-8H3;1H4/b10-9+,31-25+,33-27+;/t32-,34+,35+,36-,37+,39-,40+,41-,43+,44-,45-,47+,48+,52+;/m0./s1. The highest BCUT2D eigenvalue weighted by Gasteiger charge is 2.56. The number of esters is 1. The number of hydrogen-bond acceptors (Lipinski definition) is 14. The van der Waals surface area contributed by atoms with E-state index in [1.165, 1.54) is 19.1 Å². The van der Waals surface area contributed by atoms with Gasteiger partial charge in [-0.05, 0) is 115 Å². The van der Waals surface area contributed by atoms with Gasteiger partial charge in [-0.2, -0.15) is 0 Å².